The van der Waals surface area contributed by atoms with Crippen molar-refractivity contribution in [3.05, 3.63) is 95.6 Å². The second-order valence-electron chi connectivity index (χ2n) is 8.76. The van der Waals surface area contributed by atoms with Crippen LogP contribution in [0.2, 0.25) is 0 Å². The van der Waals surface area contributed by atoms with Gasteiger partial charge in [-0.15, -0.1) is 0 Å². The fourth-order valence-electron chi connectivity index (χ4n) is 4.56. The van der Waals surface area contributed by atoms with Crippen LogP contribution in [0.1, 0.15) is 42.9 Å². The van der Waals surface area contributed by atoms with Crippen LogP contribution in [-0.4, -0.2) is 42.9 Å². The largest absolute Gasteiger partial charge is 0.494 e. The Morgan fingerprint density at radius 3 is 1.91 bits per heavy atom. The summed E-state index contributed by atoms with van der Waals surface area (Å²) in [4.78, 5) is 2.47. The number of likely N-dealkylation sites (tertiary alicyclic amines) is 1. The van der Waals surface area contributed by atoms with Gasteiger partial charge in [0.25, 0.3) is 0 Å². The summed E-state index contributed by atoms with van der Waals surface area (Å²) in [6.07, 6.45) is 4.41. The molecule has 0 spiro atoms. The van der Waals surface area contributed by atoms with E-state index in [1.807, 2.05) is 73.7 Å². The SMILES string of the molecule is CCOc1ccc(C(O)(Cc2ccccc2)c2ccc(OCCN3CCCCC3)cc2)cc1. The van der Waals surface area contributed by atoms with E-state index in [1.54, 1.807) is 0 Å². The van der Waals surface area contributed by atoms with Crippen LogP contribution in [0.4, 0.5) is 0 Å². The number of nitrogens with zero attached hydrogens (tertiary/aromatic N) is 1. The summed E-state index contributed by atoms with van der Waals surface area (Å²) >= 11 is 0. The Balaban J connectivity index is 1.50. The van der Waals surface area contributed by atoms with Crippen LogP contribution < -0.4 is 9.47 Å². The monoisotopic (exact) mass is 445 g/mol. The highest BCUT2D eigenvalue weighted by Gasteiger charge is 2.32. The molecule has 3 aromatic carbocycles. The summed E-state index contributed by atoms with van der Waals surface area (Å²) < 4.78 is 11.6. The lowest BCUT2D eigenvalue weighted by atomic mass is 9.81. The average molecular weight is 446 g/mol. The minimum Gasteiger partial charge on any atom is -0.494 e. The van der Waals surface area contributed by atoms with E-state index in [9.17, 15) is 5.11 Å². The predicted molar refractivity (Wildman–Crippen MR) is 133 cm³/mol. The number of hydrogen-bond donors (Lipinski definition) is 1. The van der Waals surface area contributed by atoms with Gasteiger partial charge in [0.1, 0.15) is 23.7 Å². The van der Waals surface area contributed by atoms with Crippen LogP contribution in [0.25, 0.3) is 0 Å². The highest BCUT2D eigenvalue weighted by molar-refractivity contribution is 5.42. The number of benzene rings is 3. The van der Waals surface area contributed by atoms with Crippen molar-refractivity contribution in [2.75, 3.05) is 32.8 Å². The van der Waals surface area contributed by atoms with Gasteiger partial charge in [-0.2, -0.15) is 0 Å². The zero-order valence-corrected chi connectivity index (χ0v) is 19.6. The van der Waals surface area contributed by atoms with Gasteiger partial charge in [0.15, 0.2) is 0 Å². The van der Waals surface area contributed by atoms with E-state index < -0.39 is 5.60 Å². The molecule has 4 nitrogen and oxygen atoms in total. The summed E-state index contributed by atoms with van der Waals surface area (Å²) in [7, 11) is 0. The maximum atomic E-state index is 12.0. The molecule has 1 unspecified atom stereocenters. The predicted octanol–water partition coefficient (Wildman–Crippen LogP) is 5.43. The lowest BCUT2D eigenvalue weighted by molar-refractivity contribution is 0.0810. The first kappa shape index (κ1) is 23.3. The van der Waals surface area contributed by atoms with Crippen molar-refractivity contribution >= 4 is 0 Å². The molecule has 0 radical (unpaired) electrons. The van der Waals surface area contributed by atoms with E-state index >= 15 is 0 Å². The maximum absolute atomic E-state index is 12.0. The average Bonchev–Trinajstić information content (AvgIpc) is 2.86. The van der Waals surface area contributed by atoms with Crippen molar-refractivity contribution in [1.82, 2.24) is 4.90 Å². The van der Waals surface area contributed by atoms with Crippen molar-refractivity contribution in [2.24, 2.45) is 0 Å². The fraction of sp³-hybridized carbons (Fsp3) is 0.379. The molecular formula is C29H35NO3. The smallest absolute Gasteiger partial charge is 0.119 e. The van der Waals surface area contributed by atoms with Crippen molar-refractivity contribution in [3.63, 3.8) is 0 Å². The highest BCUT2D eigenvalue weighted by atomic mass is 16.5. The van der Waals surface area contributed by atoms with E-state index in [0.29, 0.717) is 19.6 Å². The molecule has 1 N–H and O–H groups in total. The summed E-state index contributed by atoms with van der Waals surface area (Å²) in [5, 5.41) is 12.0. The number of rotatable bonds is 10. The van der Waals surface area contributed by atoms with E-state index in [0.717, 1.165) is 34.7 Å². The lowest BCUT2D eigenvalue weighted by Crippen LogP contribution is -2.33. The van der Waals surface area contributed by atoms with Gasteiger partial charge in [-0.25, -0.2) is 0 Å². The minimum atomic E-state index is -1.15. The van der Waals surface area contributed by atoms with Gasteiger partial charge in [0.05, 0.1) is 6.61 Å². The molecular weight excluding hydrogens is 410 g/mol. The van der Waals surface area contributed by atoms with E-state index in [-0.39, 0.29) is 0 Å². The quantitative estimate of drug-likeness (QED) is 0.452. The molecule has 1 heterocycles. The topological polar surface area (TPSA) is 41.9 Å². The van der Waals surface area contributed by atoms with E-state index in [4.69, 9.17) is 9.47 Å². The molecule has 1 fully saturated rings. The third-order valence-corrected chi connectivity index (χ3v) is 6.40. The summed E-state index contributed by atoms with van der Waals surface area (Å²) in [6.45, 7) is 6.59. The fourth-order valence-corrected chi connectivity index (χ4v) is 4.56. The molecule has 0 saturated carbocycles. The molecule has 0 aromatic heterocycles. The molecule has 33 heavy (non-hydrogen) atoms. The van der Waals surface area contributed by atoms with E-state index in [1.165, 1.54) is 32.4 Å². The van der Waals surface area contributed by atoms with Crippen molar-refractivity contribution in [2.45, 2.75) is 38.2 Å². The molecule has 1 saturated heterocycles. The Morgan fingerprint density at radius 1 is 0.758 bits per heavy atom. The third kappa shape index (κ3) is 6.16. The number of piperidine rings is 1. The molecule has 1 aliphatic rings. The molecule has 0 bridgehead atoms. The molecule has 3 aromatic rings. The highest BCUT2D eigenvalue weighted by Crippen LogP contribution is 2.35. The maximum Gasteiger partial charge on any atom is 0.119 e. The van der Waals surface area contributed by atoms with Crippen molar-refractivity contribution < 1.29 is 14.6 Å². The number of hydrogen-bond acceptors (Lipinski definition) is 4. The number of ether oxygens (including phenoxy) is 2. The molecule has 1 atom stereocenters. The Morgan fingerprint density at radius 2 is 1.33 bits per heavy atom. The molecule has 4 heteroatoms. The van der Waals surface area contributed by atoms with Gasteiger partial charge >= 0.3 is 0 Å². The molecule has 0 aliphatic carbocycles. The van der Waals surface area contributed by atoms with Gasteiger partial charge < -0.3 is 14.6 Å². The summed E-state index contributed by atoms with van der Waals surface area (Å²) in [6, 6.07) is 25.8. The van der Waals surface area contributed by atoms with Gasteiger partial charge in [-0.3, -0.25) is 4.90 Å². The zero-order valence-electron chi connectivity index (χ0n) is 19.6. The second kappa shape index (κ2) is 11.4. The van der Waals surface area contributed by atoms with Gasteiger partial charge in [0, 0.05) is 13.0 Å². The van der Waals surface area contributed by atoms with Gasteiger partial charge in [0.2, 0.25) is 0 Å². The summed E-state index contributed by atoms with van der Waals surface area (Å²) in [5.74, 6) is 1.64. The molecule has 4 rings (SSSR count). The van der Waals surface area contributed by atoms with E-state index in [2.05, 4.69) is 17.0 Å². The van der Waals surface area contributed by atoms with Crippen LogP contribution in [0.15, 0.2) is 78.9 Å². The second-order valence-corrected chi connectivity index (χ2v) is 8.76. The minimum absolute atomic E-state index is 0.483. The Kier molecular flexibility index (Phi) is 8.03. The first-order valence-electron chi connectivity index (χ1n) is 12.1. The first-order chi connectivity index (χ1) is 16.2. The van der Waals surface area contributed by atoms with Gasteiger partial charge in [-0.05, 0) is 73.8 Å². The molecule has 0 amide bonds. The Labute approximate surface area is 197 Å². The number of aliphatic hydroxyl groups is 1. The Hall–Kier alpha value is -2.82. The first-order valence-corrected chi connectivity index (χ1v) is 12.1. The van der Waals surface area contributed by atoms with Crippen LogP contribution in [0, 0.1) is 0 Å². The van der Waals surface area contributed by atoms with Crippen LogP contribution in [0.3, 0.4) is 0 Å². The van der Waals surface area contributed by atoms with Crippen LogP contribution >= 0.6 is 0 Å². The van der Waals surface area contributed by atoms with Gasteiger partial charge in [-0.1, -0.05) is 61.0 Å². The van der Waals surface area contributed by atoms with Crippen molar-refractivity contribution in [1.29, 1.82) is 0 Å². The Bertz CT molecular complexity index is 966. The standard InChI is InChI=1S/C29H35NO3/c1-2-32-27-15-11-25(12-16-27)29(31,23-24-9-5-3-6-10-24)26-13-17-28(18-14-26)33-22-21-30-19-7-4-8-20-30/h3,5-6,9-18,31H,2,4,7-8,19-23H2,1H3. The normalized spacial score (nSPS) is 16.2. The van der Waals surface area contributed by atoms with Crippen molar-refractivity contribution in [3.8, 4) is 11.5 Å². The third-order valence-electron chi connectivity index (χ3n) is 6.40. The van der Waals surface area contributed by atoms with Crippen LogP contribution in [0.5, 0.6) is 11.5 Å². The lowest BCUT2D eigenvalue weighted by Gasteiger charge is -2.30. The molecule has 1 aliphatic heterocycles. The molecule has 174 valence electrons. The zero-order chi connectivity index (χ0) is 22.9. The summed E-state index contributed by atoms with van der Waals surface area (Å²) in [5.41, 5.74) is 1.61. The van der Waals surface area contributed by atoms with Crippen LogP contribution in [-0.2, 0) is 12.0 Å².